The molecule has 0 aliphatic carbocycles. The van der Waals surface area contributed by atoms with Crippen molar-refractivity contribution >= 4 is 11.8 Å². The minimum atomic E-state index is -0.905. The van der Waals surface area contributed by atoms with Crippen LogP contribution in [-0.2, 0) is 13.1 Å². The lowest BCUT2D eigenvalue weighted by molar-refractivity contribution is 0.0696. The van der Waals surface area contributed by atoms with Crippen molar-refractivity contribution in [2.45, 2.75) is 13.1 Å². The minimum Gasteiger partial charge on any atom is -0.478 e. The van der Waals surface area contributed by atoms with E-state index in [9.17, 15) is 4.79 Å². The molecule has 0 aliphatic heterocycles. The Labute approximate surface area is 124 Å². The summed E-state index contributed by atoms with van der Waals surface area (Å²) >= 11 is 0. The van der Waals surface area contributed by atoms with Crippen LogP contribution < -0.4 is 10.2 Å². The number of carboxylic acid groups (broad SMARTS) is 1. The maximum atomic E-state index is 10.9. The Bertz CT molecular complexity index is 626. The predicted molar refractivity (Wildman–Crippen MR) is 82.5 cm³/mol. The Hall–Kier alpha value is -2.40. The molecule has 0 bridgehead atoms. The van der Waals surface area contributed by atoms with Crippen LogP contribution in [0.5, 0.6) is 0 Å². The SMILES string of the molecule is CN(C)c1cccc(CNCc2cccc(C(=O)O)c2)n1. The van der Waals surface area contributed by atoms with Crippen molar-refractivity contribution in [1.82, 2.24) is 10.3 Å². The molecule has 0 saturated heterocycles. The molecular formula is C16H19N3O2. The molecule has 0 unspecified atom stereocenters. The van der Waals surface area contributed by atoms with Crippen LogP contribution in [0, 0.1) is 0 Å². The summed E-state index contributed by atoms with van der Waals surface area (Å²) in [5.74, 6) is 0.0133. The standard InChI is InChI=1S/C16H19N3O2/c1-19(2)15-8-4-7-14(18-15)11-17-10-12-5-3-6-13(9-12)16(20)21/h3-9,17H,10-11H2,1-2H3,(H,20,21). The third kappa shape index (κ3) is 4.29. The zero-order valence-electron chi connectivity index (χ0n) is 12.2. The number of aromatic carboxylic acids is 1. The summed E-state index contributed by atoms with van der Waals surface area (Å²) in [5, 5.41) is 12.2. The van der Waals surface area contributed by atoms with Gasteiger partial charge in [-0.15, -0.1) is 0 Å². The molecule has 21 heavy (non-hydrogen) atoms. The zero-order valence-corrected chi connectivity index (χ0v) is 12.2. The number of rotatable bonds is 6. The molecule has 2 aromatic rings. The fourth-order valence-electron chi connectivity index (χ4n) is 1.96. The molecule has 1 aromatic heterocycles. The van der Waals surface area contributed by atoms with Crippen LogP contribution in [-0.4, -0.2) is 30.2 Å². The van der Waals surface area contributed by atoms with E-state index in [-0.39, 0.29) is 0 Å². The number of carboxylic acids is 1. The maximum absolute atomic E-state index is 10.9. The van der Waals surface area contributed by atoms with E-state index >= 15 is 0 Å². The maximum Gasteiger partial charge on any atom is 0.335 e. The van der Waals surface area contributed by atoms with Crippen molar-refractivity contribution in [2.24, 2.45) is 0 Å². The topological polar surface area (TPSA) is 65.5 Å². The molecule has 5 nitrogen and oxygen atoms in total. The number of aromatic nitrogens is 1. The van der Waals surface area contributed by atoms with Gasteiger partial charge in [0, 0.05) is 27.2 Å². The third-order valence-electron chi connectivity index (χ3n) is 3.06. The predicted octanol–water partition coefficient (Wildman–Crippen LogP) is 2.14. The van der Waals surface area contributed by atoms with Crippen LogP contribution in [0.4, 0.5) is 5.82 Å². The Kier molecular flexibility index (Phi) is 4.90. The van der Waals surface area contributed by atoms with Gasteiger partial charge >= 0.3 is 5.97 Å². The van der Waals surface area contributed by atoms with Gasteiger partial charge in [0.1, 0.15) is 5.82 Å². The van der Waals surface area contributed by atoms with Crippen LogP contribution in [0.3, 0.4) is 0 Å². The van der Waals surface area contributed by atoms with Crippen LogP contribution in [0.25, 0.3) is 0 Å². The smallest absolute Gasteiger partial charge is 0.335 e. The Morgan fingerprint density at radius 2 is 1.95 bits per heavy atom. The Morgan fingerprint density at radius 1 is 1.19 bits per heavy atom. The molecule has 0 saturated carbocycles. The molecule has 0 spiro atoms. The van der Waals surface area contributed by atoms with E-state index in [1.54, 1.807) is 18.2 Å². The van der Waals surface area contributed by atoms with Gasteiger partial charge in [-0.3, -0.25) is 0 Å². The molecule has 0 aliphatic rings. The van der Waals surface area contributed by atoms with Crippen LogP contribution >= 0.6 is 0 Å². The van der Waals surface area contributed by atoms with Gasteiger partial charge in [0.2, 0.25) is 0 Å². The van der Waals surface area contributed by atoms with Crippen molar-refractivity contribution in [3.8, 4) is 0 Å². The van der Waals surface area contributed by atoms with E-state index in [0.717, 1.165) is 17.1 Å². The number of nitrogens with zero attached hydrogens (tertiary/aromatic N) is 2. The number of hydrogen-bond acceptors (Lipinski definition) is 4. The van der Waals surface area contributed by atoms with Crippen LogP contribution in [0.1, 0.15) is 21.6 Å². The average molecular weight is 285 g/mol. The molecule has 2 rings (SSSR count). The van der Waals surface area contributed by atoms with Gasteiger partial charge in [0.05, 0.1) is 11.3 Å². The summed E-state index contributed by atoms with van der Waals surface area (Å²) < 4.78 is 0. The van der Waals surface area contributed by atoms with Crippen molar-refractivity contribution in [3.05, 3.63) is 59.3 Å². The monoisotopic (exact) mass is 285 g/mol. The lowest BCUT2D eigenvalue weighted by Gasteiger charge is -2.12. The second-order valence-electron chi connectivity index (χ2n) is 4.99. The summed E-state index contributed by atoms with van der Waals surface area (Å²) in [7, 11) is 3.91. The summed E-state index contributed by atoms with van der Waals surface area (Å²) in [4.78, 5) is 17.4. The highest BCUT2D eigenvalue weighted by Crippen LogP contribution is 2.08. The van der Waals surface area contributed by atoms with Gasteiger partial charge in [0.15, 0.2) is 0 Å². The van der Waals surface area contributed by atoms with E-state index in [1.165, 1.54) is 0 Å². The Balaban J connectivity index is 1.94. The highest BCUT2D eigenvalue weighted by atomic mass is 16.4. The molecule has 1 aromatic carbocycles. The van der Waals surface area contributed by atoms with E-state index < -0.39 is 5.97 Å². The zero-order chi connectivity index (χ0) is 15.2. The van der Waals surface area contributed by atoms with Gasteiger partial charge in [-0.2, -0.15) is 0 Å². The van der Waals surface area contributed by atoms with Gasteiger partial charge in [-0.25, -0.2) is 9.78 Å². The average Bonchev–Trinajstić information content (AvgIpc) is 2.48. The largest absolute Gasteiger partial charge is 0.478 e. The first-order chi connectivity index (χ1) is 10.1. The van der Waals surface area contributed by atoms with E-state index in [2.05, 4.69) is 10.3 Å². The van der Waals surface area contributed by atoms with Gasteiger partial charge in [0.25, 0.3) is 0 Å². The lowest BCUT2D eigenvalue weighted by atomic mass is 10.1. The molecule has 1 heterocycles. The normalized spacial score (nSPS) is 10.4. The van der Waals surface area contributed by atoms with Crippen molar-refractivity contribution in [2.75, 3.05) is 19.0 Å². The second-order valence-corrected chi connectivity index (χ2v) is 4.99. The highest BCUT2D eigenvalue weighted by Gasteiger charge is 2.03. The summed E-state index contributed by atoms with van der Waals surface area (Å²) in [6.07, 6.45) is 0. The number of hydrogen-bond donors (Lipinski definition) is 2. The Morgan fingerprint density at radius 3 is 2.67 bits per heavy atom. The highest BCUT2D eigenvalue weighted by molar-refractivity contribution is 5.87. The molecule has 5 heteroatoms. The molecule has 0 radical (unpaired) electrons. The van der Waals surface area contributed by atoms with Gasteiger partial charge in [-0.05, 0) is 29.8 Å². The van der Waals surface area contributed by atoms with E-state index in [1.807, 2.05) is 43.3 Å². The van der Waals surface area contributed by atoms with Crippen LogP contribution in [0.2, 0.25) is 0 Å². The summed E-state index contributed by atoms with van der Waals surface area (Å²) in [5.41, 5.74) is 2.20. The minimum absolute atomic E-state index is 0.307. The molecule has 0 atom stereocenters. The summed E-state index contributed by atoms with van der Waals surface area (Å²) in [6.45, 7) is 1.24. The first kappa shape index (κ1) is 15.0. The van der Waals surface area contributed by atoms with E-state index in [0.29, 0.717) is 18.7 Å². The molecule has 0 fully saturated rings. The fraction of sp³-hybridized carbons (Fsp3) is 0.250. The van der Waals surface area contributed by atoms with Gasteiger partial charge < -0.3 is 15.3 Å². The molecule has 110 valence electrons. The van der Waals surface area contributed by atoms with Crippen molar-refractivity contribution < 1.29 is 9.90 Å². The molecule has 2 N–H and O–H groups in total. The fourth-order valence-corrected chi connectivity index (χ4v) is 1.96. The van der Waals surface area contributed by atoms with Crippen molar-refractivity contribution in [3.63, 3.8) is 0 Å². The van der Waals surface area contributed by atoms with Crippen LogP contribution in [0.15, 0.2) is 42.5 Å². The molecule has 0 amide bonds. The first-order valence-corrected chi connectivity index (χ1v) is 6.72. The molecular weight excluding hydrogens is 266 g/mol. The quantitative estimate of drug-likeness (QED) is 0.851. The second kappa shape index (κ2) is 6.85. The number of pyridine rings is 1. The third-order valence-corrected chi connectivity index (χ3v) is 3.06. The summed E-state index contributed by atoms with van der Waals surface area (Å²) in [6, 6.07) is 12.8. The van der Waals surface area contributed by atoms with Crippen molar-refractivity contribution in [1.29, 1.82) is 0 Å². The lowest BCUT2D eigenvalue weighted by Crippen LogP contribution is -2.16. The number of carbonyl (C=O) groups is 1. The number of benzene rings is 1. The van der Waals surface area contributed by atoms with E-state index in [4.69, 9.17) is 5.11 Å². The number of nitrogens with one attached hydrogen (secondary N) is 1. The number of anilines is 1. The van der Waals surface area contributed by atoms with Gasteiger partial charge in [-0.1, -0.05) is 18.2 Å². The first-order valence-electron chi connectivity index (χ1n) is 6.72.